The number of morpholine rings is 1. The Labute approximate surface area is 191 Å². The number of ether oxygens (including phenoxy) is 1. The van der Waals surface area contributed by atoms with Crippen molar-refractivity contribution in [1.82, 2.24) is 9.38 Å². The van der Waals surface area contributed by atoms with Crippen LogP contribution in [0.15, 0.2) is 62.6 Å². The summed E-state index contributed by atoms with van der Waals surface area (Å²) < 4.78 is 20.5. The molecule has 1 saturated heterocycles. The van der Waals surface area contributed by atoms with Gasteiger partial charge in [-0.15, -0.1) is 0 Å². The van der Waals surface area contributed by atoms with Crippen LogP contribution in [-0.2, 0) is 11.2 Å². The van der Waals surface area contributed by atoms with Crippen molar-refractivity contribution in [2.45, 2.75) is 12.8 Å². The Morgan fingerprint density at radius 2 is 1.94 bits per heavy atom. The van der Waals surface area contributed by atoms with Gasteiger partial charge in [-0.25, -0.2) is 9.37 Å². The summed E-state index contributed by atoms with van der Waals surface area (Å²) in [6, 6.07) is 8.23. The number of rotatable bonds is 4. The molecule has 0 spiro atoms. The van der Waals surface area contributed by atoms with Crippen molar-refractivity contribution in [1.29, 1.82) is 0 Å². The van der Waals surface area contributed by atoms with Gasteiger partial charge in [0.2, 0.25) is 5.75 Å². The number of fused-ring (bicyclic) bond motifs is 1. The van der Waals surface area contributed by atoms with Gasteiger partial charge in [-0.05, 0) is 51.7 Å². The molecule has 9 heteroatoms. The molecule has 2 aliphatic heterocycles. The van der Waals surface area contributed by atoms with Crippen molar-refractivity contribution >= 4 is 33.0 Å². The van der Waals surface area contributed by atoms with Crippen LogP contribution in [0.4, 0.5) is 10.1 Å². The van der Waals surface area contributed by atoms with E-state index in [4.69, 9.17) is 4.74 Å². The lowest BCUT2D eigenvalue weighted by Crippen LogP contribution is -2.36. The van der Waals surface area contributed by atoms with Crippen LogP contribution in [0.2, 0.25) is 0 Å². The van der Waals surface area contributed by atoms with Crippen LogP contribution in [0.1, 0.15) is 17.7 Å². The highest BCUT2D eigenvalue weighted by Crippen LogP contribution is 2.28. The van der Waals surface area contributed by atoms with Gasteiger partial charge >= 0.3 is 5.56 Å². The molecule has 0 bridgehead atoms. The number of aliphatic imine (C=N–C) groups is 1. The minimum absolute atomic E-state index is 0.181. The van der Waals surface area contributed by atoms with Crippen LogP contribution >= 0.6 is 15.9 Å². The van der Waals surface area contributed by atoms with Crippen LogP contribution in [0.5, 0.6) is 5.75 Å². The van der Waals surface area contributed by atoms with Crippen molar-refractivity contribution in [3.05, 3.63) is 80.2 Å². The second-order valence-corrected chi connectivity index (χ2v) is 8.65. The third kappa shape index (κ3) is 3.93. The first kappa shape index (κ1) is 20.8. The number of hydrogen-bond acceptors (Lipinski definition) is 6. The minimum Gasteiger partial charge on any atom is -0.501 e. The van der Waals surface area contributed by atoms with Crippen LogP contribution < -0.4 is 10.5 Å². The minimum atomic E-state index is -0.546. The average molecular weight is 499 g/mol. The number of hydrogen-bond donors (Lipinski definition) is 1. The molecular formula is C23H20BrFN4O3. The molecule has 0 radical (unpaired) electrons. The van der Waals surface area contributed by atoms with E-state index in [2.05, 4.69) is 30.8 Å². The molecule has 5 rings (SSSR count). The van der Waals surface area contributed by atoms with Crippen molar-refractivity contribution in [2.24, 2.45) is 4.99 Å². The predicted octanol–water partition coefficient (Wildman–Crippen LogP) is 3.46. The zero-order valence-electron chi connectivity index (χ0n) is 17.1. The first-order valence-electron chi connectivity index (χ1n) is 10.3. The van der Waals surface area contributed by atoms with Gasteiger partial charge in [0.05, 0.1) is 29.1 Å². The van der Waals surface area contributed by atoms with E-state index in [0.29, 0.717) is 41.9 Å². The molecule has 1 N–H and O–H groups in total. The molecule has 164 valence electrons. The summed E-state index contributed by atoms with van der Waals surface area (Å²) in [6.07, 6.45) is 4.47. The number of allylic oxidation sites excluding steroid dienone is 1. The van der Waals surface area contributed by atoms with E-state index < -0.39 is 11.3 Å². The number of aromatic hydroxyl groups is 1. The molecule has 3 aromatic rings. The van der Waals surface area contributed by atoms with E-state index in [-0.39, 0.29) is 11.5 Å². The van der Waals surface area contributed by atoms with Gasteiger partial charge in [0.15, 0.2) is 5.65 Å². The van der Waals surface area contributed by atoms with Gasteiger partial charge < -0.3 is 14.7 Å². The van der Waals surface area contributed by atoms with Crippen LogP contribution in [-0.4, -0.2) is 46.5 Å². The maximum atomic E-state index is 13.1. The predicted molar refractivity (Wildman–Crippen MR) is 123 cm³/mol. The number of pyridine rings is 1. The SMILES string of the molecule is O=c1c(O)c(C2=NC=C(Cc3ccc(F)cc3)C2)nc2c(Br)cc(N3CCOCC3)cn12. The highest BCUT2D eigenvalue weighted by Gasteiger charge is 2.23. The fourth-order valence-electron chi connectivity index (χ4n) is 3.97. The number of halogens is 2. The van der Waals surface area contributed by atoms with Crippen LogP contribution in [0.25, 0.3) is 5.65 Å². The molecule has 4 heterocycles. The van der Waals surface area contributed by atoms with E-state index in [1.165, 1.54) is 16.5 Å². The first-order valence-corrected chi connectivity index (χ1v) is 11.1. The van der Waals surface area contributed by atoms with Gasteiger partial charge in [0.25, 0.3) is 0 Å². The maximum absolute atomic E-state index is 13.1. The fraction of sp³-hybridized carbons (Fsp3) is 0.261. The van der Waals surface area contributed by atoms with E-state index in [1.807, 2.05) is 6.07 Å². The summed E-state index contributed by atoms with van der Waals surface area (Å²) >= 11 is 3.53. The lowest BCUT2D eigenvalue weighted by Gasteiger charge is -2.29. The maximum Gasteiger partial charge on any atom is 0.300 e. The molecule has 1 aromatic carbocycles. The molecule has 1 fully saturated rings. The summed E-state index contributed by atoms with van der Waals surface area (Å²) in [5.41, 5.74) is 3.39. The molecule has 0 amide bonds. The van der Waals surface area contributed by atoms with E-state index in [0.717, 1.165) is 29.9 Å². The lowest BCUT2D eigenvalue weighted by atomic mass is 10.0. The summed E-state index contributed by atoms with van der Waals surface area (Å²) in [6.45, 7) is 2.70. The van der Waals surface area contributed by atoms with E-state index in [9.17, 15) is 14.3 Å². The van der Waals surface area contributed by atoms with E-state index >= 15 is 0 Å². The Morgan fingerprint density at radius 1 is 1.19 bits per heavy atom. The van der Waals surface area contributed by atoms with Crippen LogP contribution in [0, 0.1) is 5.82 Å². The second-order valence-electron chi connectivity index (χ2n) is 7.80. The summed E-state index contributed by atoms with van der Waals surface area (Å²) in [7, 11) is 0. The Balaban J connectivity index is 1.44. The molecule has 0 saturated carbocycles. The zero-order valence-corrected chi connectivity index (χ0v) is 18.7. The monoisotopic (exact) mass is 498 g/mol. The third-order valence-corrected chi connectivity index (χ3v) is 6.22. The molecule has 0 atom stereocenters. The van der Waals surface area contributed by atoms with Crippen molar-refractivity contribution in [2.75, 3.05) is 31.2 Å². The van der Waals surface area contributed by atoms with Crippen molar-refractivity contribution in [3.8, 4) is 5.75 Å². The van der Waals surface area contributed by atoms with Crippen molar-refractivity contribution in [3.63, 3.8) is 0 Å². The molecule has 2 aliphatic rings. The molecule has 32 heavy (non-hydrogen) atoms. The molecular weight excluding hydrogens is 479 g/mol. The van der Waals surface area contributed by atoms with Gasteiger partial charge in [-0.2, -0.15) is 0 Å². The summed E-state index contributed by atoms with van der Waals surface area (Å²) in [5.74, 6) is -0.706. The highest BCUT2D eigenvalue weighted by atomic mass is 79.9. The largest absolute Gasteiger partial charge is 0.501 e. The molecule has 7 nitrogen and oxygen atoms in total. The second kappa shape index (κ2) is 8.48. The normalized spacial score (nSPS) is 16.4. The molecule has 0 unspecified atom stereocenters. The number of nitrogens with zero attached hydrogens (tertiary/aromatic N) is 4. The van der Waals surface area contributed by atoms with Gasteiger partial charge in [-0.1, -0.05) is 12.1 Å². The first-order chi connectivity index (χ1) is 15.5. The standard InChI is InChI=1S/C23H20BrFN4O3/c24-18-11-17(28-5-7-32-8-6-28)13-29-22(18)27-20(21(30)23(29)31)19-10-15(12-26-19)9-14-1-3-16(25)4-2-14/h1-4,11-13,30H,5-10H2. The summed E-state index contributed by atoms with van der Waals surface area (Å²) in [5, 5.41) is 10.7. The number of anilines is 1. The summed E-state index contributed by atoms with van der Waals surface area (Å²) in [4.78, 5) is 24.1. The Bertz CT molecular complexity index is 1310. The highest BCUT2D eigenvalue weighted by molar-refractivity contribution is 9.10. The Kier molecular flexibility index (Phi) is 5.52. The van der Waals surface area contributed by atoms with Crippen LogP contribution in [0.3, 0.4) is 0 Å². The Morgan fingerprint density at radius 3 is 2.69 bits per heavy atom. The third-order valence-electron chi connectivity index (χ3n) is 5.63. The average Bonchev–Trinajstić information content (AvgIpc) is 3.26. The van der Waals surface area contributed by atoms with E-state index in [1.54, 1.807) is 24.5 Å². The zero-order chi connectivity index (χ0) is 22.2. The fourth-order valence-corrected chi connectivity index (χ4v) is 4.48. The number of aromatic nitrogens is 2. The Hall–Kier alpha value is -3.04. The lowest BCUT2D eigenvalue weighted by molar-refractivity contribution is 0.122. The van der Waals surface area contributed by atoms with Crippen molar-refractivity contribution < 1.29 is 14.2 Å². The smallest absolute Gasteiger partial charge is 0.300 e. The quantitative estimate of drug-likeness (QED) is 0.595. The van der Waals surface area contributed by atoms with Gasteiger partial charge in [0.1, 0.15) is 11.5 Å². The molecule has 2 aromatic heterocycles. The molecule has 0 aliphatic carbocycles. The number of benzene rings is 1. The topological polar surface area (TPSA) is 79.4 Å². The van der Waals surface area contributed by atoms with Gasteiger partial charge in [0, 0.05) is 31.9 Å². The van der Waals surface area contributed by atoms with Gasteiger partial charge in [-0.3, -0.25) is 14.2 Å².